The first-order chi connectivity index (χ1) is 21.0. The lowest BCUT2D eigenvalue weighted by Crippen LogP contribution is -2.48. The van der Waals surface area contributed by atoms with E-state index in [0.717, 1.165) is 21.9 Å². The summed E-state index contributed by atoms with van der Waals surface area (Å²) in [7, 11) is 1.63. The number of hydrogen-bond donors (Lipinski definition) is 0. The molecular formula is C29H26N8O4S2. The Labute approximate surface area is 255 Å². The molecule has 1 aliphatic heterocycles. The third-order valence-corrected chi connectivity index (χ3v) is 8.96. The van der Waals surface area contributed by atoms with Gasteiger partial charge in [-0.15, -0.1) is 21.5 Å². The van der Waals surface area contributed by atoms with Gasteiger partial charge in [0.25, 0.3) is 11.6 Å². The molecule has 0 spiro atoms. The standard InChI is InChI=1S/C29H26N8O4S2/c1-41-25-5-3-2-4-24(25)36-27(20-10-12-30-13-11-20)32-33-29(36)43-19-26-31-23(18-42-26)28(38)35-16-14-34(15-17-35)21-6-8-22(9-7-21)37(39)40/h2-13,18H,14-17,19H2,1H3. The Bertz CT molecular complexity index is 1730. The lowest BCUT2D eigenvalue weighted by Gasteiger charge is -2.35. The number of nitrogens with zero attached hydrogens (tertiary/aromatic N) is 8. The van der Waals surface area contributed by atoms with Crippen LogP contribution in [0.5, 0.6) is 5.75 Å². The van der Waals surface area contributed by atoms with Gasteiger partial charge in [-0.1, -0.05) is 23.9 Å². The zero-order valence-corrected chi connectivity index (χ0v) is 24.7. The Balaban J connectivity index is 1.13. The molecule has 5 aromatic rings. The van der Waals surface area contributed by atoms with Crippen molar-refractivity contribution in [3.8, 4) is 22.8 Å². The smallest absolute Gasteiger partial charge is 0.273 e. The second-order valence-electron chi connectivity index (χ2n) is 9.52. The number of nitro benzene ring substituents is 1. The Morgan fingerprint density at radius 2 is 1.77 bits per heavy atom. The summed E-state index contributed by atoms with van der Waals surface area (Å²) in [6.07, 6.45) is 3.43. The van der Waals surface area contributed by atoms with Gasteiger partial charge in [0.05, 0.1) is 23.5 Å². The predicted octanol–water partition coefficient (Wildman–Crippen LogP) is 4.96. The number of aromatic nitrogens is 5. The number of nitro groups is 1. The van der Waals surface area contributed by atoms with E-state index in [2.05, 4.69) is 25.1 Å². The zero-order valence-electron chi connectivity index (χ0n) is 23.1. The van der Waals surface area contributed by atoms with Crippen molar-refractivity contribution >= 4 is 40.4 Å². The normalized spacial score (nSPS) is 13.2. The van der Waals surface area contributed by atoms with Crippen molar-refractivity contribution in [3.05, 3.63) is 99.3 Å². The fourth-order valence-corrected chi connectivity index (χ4v) is 6.53. The Kier molecular flexibility index (Phi) is 8.29. The Morgan fingerprint density at radius 3 is 2.49 bits per heavy atom. The van der Waals surface area contributed by atoms with Gasteiger partial charge in [0.15, 0.2) is 11.0 Å². The van der Waals surface area contributed by atoms with Crippen LogP contribution >= 0.6 is 23.1 Å². The molecule has 0 unspecified atom stereocenters. The summed E-state index contributed by atoms with van der Waals surface area (Å²) >= 11 is 2.92. The van der Waals surface area contributed by atoms with Gasteiger partial charge in [-0.05, 0) is 36.4 Å². The molecule has 0 N–H and O–H groups in total. The average molecular weight is 615 g/mol. The third kappa shape index (κ3) is 6.05. The number of anilines is 1. The lowest BCUT2D eigenvalue weighted by atomic mass is 10.2. The first kappa shape index (κ1) is 28.3. The fourth-order valence-electron chi connectivity index (χ4n) is 4.80. The van der Waals surface area contributed by atoms with Gasteiger partial charge >= 0.3 is 0 Å². The number of amides is 1. The number of piperazine rings is 1. The van der Waals surface area contributed by atoms with E-state index < -0.39 is 4.92 Å². The number of carbonyl (C=O) groups is 1. The van der Waals surface area contributed by atoms with Crippen molar-refractivity contribution in [2.75, 3.05) is 38.2 Å². The number of methoxy groups -OCH3 is 1. The van der Waals surface area contributed by atoms with Gasteiger partial charge in [0.1, 0.15) is 16.5 Å². The van der Waals surface area contributed by atoms with Crippen LogP contribution in [0.25, 0.3) is 17.1 Å². The summed E-state index contributed by atoms with van der Waals surface area (Å²) in [5.41, 5.74) is 3.07. The van der Waals surface area contributed by atoms with Crippen LogP contribution in [0.3, 0.4) is 0 Å². The summed E-state index contributed by atoms with van der Waals surface area (Å²) in [6, 6.07) is 18.0. The topological polar surface area (TPSA) is 132 Å². The molecule has 14 heteroatoms. The maximum Gasteiger partial charge on any atom is 0.273 e. The van der Waals surface area contributed by atoms with Crippen LogP contribution in [0.1, 0.15) is 15.5 Å². The minimum absolute atomic E-state index is 0.0595. The molecule has 1 fully saturated rings. The van der Waals surface area contributed by atoms with Gasteiger partial charge in [-0.3, -0.25) is 24.5 Å². The molecule has 0 aliphatic carbocycles. The summed E-state index contributed by atoms with van der Waals surface area (Å²) in [4.78, 5) is 36.4. The van der Waals surface area contributed by atoms with E-state index in [1.165, 1.54) is 35.2 Å². The van der Waals surface area contributed by atoms with Crippen LogP contribution in [-0.2, 0) is 5.75 Å². The number of ether oxygens (including phenoxy) is 1. The third-order valence-electron chi connectivity index (χ3n) is 6.99. The molecular weight excluding hydrogens is 589 g/mol. The van der Waals surface area contributed by atoms with Gasteiger partial charge < -0.3 is 14.5 Å². The highest BCUT2D eigenvalue weighted by atomic mass is 32.2. The maximum absolute atomic E-state index is 13.2. The molecule has 12 nitrogen and oxygen atoms in total. The molecule has 1 aliphatic rings. The summed E-state index contributed by atoms with van der Waals surface area (Å²) in [6.45, 7) is 2.35. The molecule has 6 rings (SSSR count). The number of pyridine rings is 1. The second kappa shape index (κ2) is 12.6. The molecule has 218 valence electrons. The van der Waals surface area contributed by atoms with Crippen molar-refractivity contribution in [1.82, 2.24) is 29.6 Å². The zero-order chi connectivity index (χ0) is 29.8. The first-order valence-corrected chi connectivity index (χ1v) is 15.2. The molecule has 0 atom stereocenters. The lowest BCUT2D eigenvalue weighted by molar-refractivity contribution is -0.384. The minimum Gasteiger partial charge on any atom is -0.495 e. The molecule has 0 saturated carbocycles. The van der Waals surface area contributed by atoms with Crippen LogP contribution in [-0.4, -0.2) is 73.8 Å². The number of rotatable bonds is 9. The van der Waals surface area contributed by atoms with Gasteiger partial charge in [0.2, 0.25) is 0 Å². The monoisotopic (exact) mass is 614 g/mol. The number of benzene rings is 2. The van der Waals surface area contributed by atoms with Crippen molar-refractivity contribution in [2.45, 2.75) is 10.9 Å². The van der Waals surface area contributed by atoms with Crippen LogP contribution in [0.15, 0.2) is 83.6 Å². The summed E-state index contributed by atoms with van der Waals surface area (Å²) in [5.74, 6) is 1.76. The quantitative estimate of drug-likeness (QED) is 0.127. The SMILES string of the molecule is COc1ccccc1-n1c(SCc2nc(C(=O)N3CCN(c4ccc([N+](=O)[O-])cc4)CC3)cs2)nnc1-c1ccncc1. The van der Waals surface area contributed by atoms with Crippen LogP contribution < -0.4 is 9.64 Å². The molecule has 2 aromatic carbocycles. The van der Waals surface area contributed by atoms with Crippen LogP contribution in [0, 0.1) is 10.1 Å². The number of carbonyl (C=O) groups excluding carboxylic acids is 1. The van der Waals surface area contributed by atoms with Crippen molar-refractivity contribution < 1.29 is 14.5 Å². The maximum atomic E-state index is 13.2. The van der Waals surface area contributed by atoms with Crippen molar-refractivity contribution in [2.24, 2.45) is 0 Å². The highest BCUT2D eigenvalue weighted by molar-refractivity contribution is 7.98. The van der Waals surface area contributed by atoms with E-state index in [4.69, 9.17) is 4.74 Å². The van der Waals surface area contributed by atoms with Crippen molar-refractivity contribution in [3.63, 3.8) is 0 Å². The summed E-state index contributed by atoms with van der Waals surface area (Å²) < 4.78 is 7.59. The molecule has 1 amide bonds. The van der Waals surface area contributed by atoms with Gasteiger partial charge in [0, 0.05) is 67.3 Å². The van der Waals surface area contributed by atoms with E-state index in [9.17, 15) is 14.9 Å². The highest BCUT2D eigenvalue weighted by Crippen LogP contribution is 2.34. The molecule has 3 aromatic heterocycles. The van der Waals surface area contributed by atoms with E-state index >= 15 is 0 Å². The van der Waals surface area contributed by atoms with Crippen molar-refractivity contribution in [1.29, 1.82) is 0 Å². The Morgan fingerprint density at radius 1 is 1.02 bits per heavy atom. The largest absolute Gasteiger partial charge is 0.495 e. The van der Waals surface area contributed by atoms with E-state index in [1.54, 1.807) is 41.9 Å². The predicted molar refractivity (Wildman–Crippen MR) is 164 cm³/mol. The van der Waals surface area contributed by atoms with Gasteiger partial charge in [-0.2, -0.15) is 0 Å². The highest BCUT2D eigenvalue weighted by Gasteiger charge is 2.25. The van der Waals surface area contributed by atoms with Gasteiger partial charge in [-0.25, -0.2) is 4.98 Å². The molecule has 4 heterocycles. The fraction of sp³-hybridized carbons (Fsp3) is 0.207. The average Bonchev–Trinajstić information content (AvgIpc) is 3.71. The van der Waals surface area contributed by atoms with E-state index in [-0.39, 0.29) is 11.6 Å². The number of thiazole rings is 1. The number of hydrogen-bond acceptors (Lipinski definition) is 11. The second-order valence-corrected chi connectivity index (χ2v) is 11.4. The minimum atomic E-state index is -0.410. The van der Waals surface area contributed by atoms with E-state index in [1.807, 2.05) is 41.0 Å². The van der Waals surface area contributed by atoms with Crippen LogP contribution in [0.2, 0.25) is 0 Å². The first-order valence-electron chi connectivity index (χ1n) is 13.4. The molecule has 1 saturated heterocycles. The molecule has 0 radical (unpaired) electrons. The summed E-state index contributed by atoms with van der Waals surface area (Å²) in [5, 5.41) is 23.2. The Hall–Kier alpha value is -4.82. The van der Waals surface area contributed by atoms with E-state index in [0.29, 0.717) is 54.4 Å². The van der Waals surface area contributed by atoms with Crippen LogP contribution in [0.4, 0.5) is 11.4 Å². The number of para-hydroxylation sites is 2. The molecule has 43 heavy (non-hydrogen) atoms. The number of thioether (sulfide) groups is 1. The number of non-ortho nitro benzene ring substituents is 1. The molecule has 0 bridgehead atoms.